The van der Waals surface area contributed by atoms with Crippen molar-refractivity contribution in [3.63, 3.8) is 0 Å². The third kappa shape index (κ3) is 2.97. The van der Waals surface area contributed by atoms with Crippen molar-refractivity contribution in [2.75, 3.05) is 0 Å². The molecule has 0 bridgehead atoms. The third-order valence-electron chi connectivity index (χ3n) is 2.82. The predicted octanol–water partition coefficient (Wildman–Crippen LogP) is 4.59. The van der Waals surface area contributed by atoms with Gasteiger partial charge in [0.1, 0.15) is 11.6 Å². The van der Waals surface area contributed by atoms with Crippen molar-refractivity contribution in [2.45, 2.75) is 6.04 Å². The van der Waals surface area contributed by atoms with E-state index in [1.165, 1.54) is 18.2 Å². The fraction of sp³-hybridized carbons (Fsp3) is 0.0769. The predicted molar refractivity (Wildman–Crippen MR) is 79.7 cm³/mol. The average Bonchev–Trinajstić information content (AvgIpc) is 2.43. The minimum atomic E-state index is -0.743. The first-order valence-corrected chi connectivity index (χ1v) is 7.05. The molecule has 0 radical (unpaired) electrons. The van der Waals surface area contributed by atoms with Crippen molar-refractivity contribution in [1.29, 1.82) is 0 Å². The van der Waals surface area contributed by atoms with Gasteiger partial charge in [-0.25, -0.2) is 14.2 Å². The van der Waals surface area contributed by atoms with Crippen molar-refractivity contribution in [2.24, 2.45) is 5.84 Å². The number of hydrazine groups is 1. The summed E-state index contributed by atoms with van der Waals surface area (Å²) < 4.78 is 28.1. The van der Waals surface area contributed by atoms with Crippen LogP contribution in [0.3, 0.4) is 0 Å². The molecule has 3 N–H and O–H groups in total. The molecule has 0 saturated heterocycles. The lowest BCUT2D eigenvalue weighted by Gasteiger charge is -2.18. The summed E-state index contributed by atoms with van der Waals surface area (Å²) in [4.78, 5) is 0. The molecule has 0 amide bonds. The summed E-state index contributed by atoms with van der Waals surface area (Å²) in [6, 6.07) is 6.51. The zero-order valence-corrected chi connectivity index (χ0v) is 13.0. The van der Waals surface area contributed by atoms with Gasteiger partial charge in [-0.1, -0.05) is 35.3 Å². The molecule has 2 rings (SSSR count). The molecule has 0 heterocycles. The van der Waals surface area contributed by atoms with Crippen molar-refractivity contribution in [3.8, 4) is 0 Å². The summed E-state index contributed by atoms with van der Waals surface area (Å²) in [7, 11) is 0. The monoisotopic (exact) mass is 380 g/mol. The average molecular weight is 382 g/mol. The number of benzene rings is 2. The van der Waals surface area contributed by atoms with Crippen LogP contribution in [-0.2, 0) is 0 Å². The molecule has 0 spiro atoms. The second-order valence-corrected chi connectivity index (χ2v) is 5.68. The van der Waals surface area contributed by atoms with Crippen LogP contribution in [0, 0.1) is 11.6 Å². The highest BCUT2D eigenvalue weighted by atomic mass is 79.9. The Morgan fingerprint density at radius 3 is 2.45 bits per heavy atom. The van der Waals surface area contributed by atoms with E-state index in [1.807, 2.05) is 0 Å². The van der Waals surface area contributed by atoms with Gasteiger partial charge >= 0.3 is 0 Å². The first-order valence-electron chi connectivity index (χ1n) is 5.50. The fourth-order valence-corrected chi connectivity index (χ4v) is 2.42. The molecular weight excluding hydrogens is 373 g/mol. The maximum atomic E-state index is 14.2. The minimum absolute atomic E-state index is 0.0150. The molecule has 0 aliphatic carbocycles. The summed E-state index contributed by atoms with van der Waals surface area (Å²) in [5.41, 5.74) is 3.09. The van der Waals surface area contributed by atoms with Gasteiger partial charge in [0.2, 0.25) is 0 Å². The molecule has 0 aliphatic heterocycles. The van der Waals surface area contributed by atoms with Crippen LogP contribution in [-0.4, -0.2) is 0 Å². The maximum Gasteiger partial charge on any atom is 0.148 e. The molecule has 7 heteroatoms. The number of hydrogen-bond donors (Lipinski definition) is 2. The van der Waals surface area contributed by atoms with E-state index in [0.29, 0.717) is 10.0 Å². The molecule has 0 aliphatic rings. The lowest BCUT2D eigenvalue weighted by Crippen LogP contribution is -2.29. The Morgan fingerprint density at radius 2 is 1.85 bits per heavy atom. The summed E-state index contributed by atoms with van der Waals surface area (Å²) in [5, 5.41) is -0.0731. The molecule has 20 heavy (non-hydrogen) atoms. The lowest BCUT2D eigenvalue weighted by molar-refractivity contribution is 0.555. The number of hydrogen-bond acceptors (Lipinski definition) is 2. The second-order valence-electron chi connectivity index (χ2n) is 4.04. The Hall–Kier alpha value is -0.720. The smallest absolute Gasteiger partial charge is 0.148 e. The topological polar surface area (TPSA) is 38.0 Å². The zero-order chi connectivity index (χ0) is 14.9. The first kappa shape index (κ1) is 15.7. The number of halogens is 5. The summed E-state index contributed by atoms with van der Waals surface area (Å²) in [6.45, 7) is 0. The molecule has 2 nitrogen and oxygen atoms in total. The van der Waals surface area contributed by atoms with Gasteiger partial charge in [0.05, 0.1) is 16.1 Å². The molecule has 0 saturated carbocycles. The van der Waals surface area contributed by atoms with Gasteiger partial charge in [0.25, 0.3) is 0 Å². The van der Waals surface area contributed by atoms with E-state index in [9.17, 15) is 8.78 Å². The van der Waals surface area contributed by atoms with Crippen LogP contribution >= 0.6 is 39.1 Å². The van der Waals surface area contributed by atoms with Crippen LogP contribution in [0.1, 0.15) is 17.2 Å². The molecule has 2 aromatic rings. The van der Waals surface area contributed by atoms with E-state index in [0.717, 1.165) is 0 Å². The Morgan fingerprint density at radius 1 is 1.15 bits per heavy atom. The summed E-state index contributed by atoms with van der Waals surface area (Å²) in [5.74, 6) is 4.23. The van der Waals surface area contributed by atoms with E-state index in [4.69, 9.17) is 29.0 Å². The van der Waals surface area contributed by atoms with Crippen LogP contribution in [0.2, 0.25) is 10.0 Å². The normalized spacial score (nSPS) is 12.5. The zero-order valence-electron chi connectivity index (χ0n) is 9.93. The van der Waals surface area contributed by atoms with Crippen molar-refractivity contribution >= 4 is 39.1 Å². The third-order valence-corrected chi connectivity index (χ3v) is 4.38. The minimum Gasteiger partial charge on any atom is -0.271 e. The standard InChI is InChI=1S/C13H9BrCl2F2N2/c14-8-3-2-7(12(18)11(8)16)13(20-19)6-1-4-9(15)10(17)5-6/h1-5,13,20H,19H2. The van der Waals surface area contributed by atoms with E-state index in [1.54, 1.807) is 12.1 Å². The molecule has 1 atom stereocenters. The van der Waals surface area contributed by atoms with Crippen molar-refractivity contribution < 1.29 is 8.78 Å². The van der Waals surface area contributed by atoms with Gasteiger partial charge in [0.15, 0.2) is 0 Å². The summed E-state index contributed by atoms with van der Waals surface area (Å²) in [6.07, 6.45) is 0. The maximum absolute atomic E-state index is 14.2. The lowest BCUT2D eigenvalue weighted by atomic mass is 9.98. The van der Waals surface area contributed by atoms with E-state index >= 15 is 0 Å². The Bertz CT molecular complexity index is 653. The van der Waals surface area contributed by atoms with Gasteiger partial charge in [-0.15, -0.1) is 0 Å². The Kier molecular flexibility index (Phi) is 4.99. The number of rotatable bonds is 3. The molecule has 0 aromatic heterocycles. The second kappa shape index (κ2) is 6.37. The van der Waals surface area contributed by atoms with Crippen LogP contribution in [0.25, 0.3) is 0 Å². The number of nitrogens with one attached hydrogen (secondary N) is 1. The van der Waals surface area contributed by atoms with E-state index in [-0.39, 0.29) is 15.6 Å². The Balaban J connectivity index is 2.52. The summed E-state index contributed by atoms with van der Waals surface area (Å²) >= 11 is 14.6. The van der Waals surface area contributed by atoms with Crippen LogP contribution < -0.4 is 11.3 Å². The first-order chi connectivity index (χ1) is 9.45. The van der Waals surface area contributed by atoms with Gasteiger partial charge in [0, 0.05) is 10.0 Å². The largest absolute Gasteiger partial charge is 0.271 e. The Labute approximate surface area is 133 Å². The van der Waals surface area contributed by atoms with E-state index < -0.39 is 17.7 Å². The molecule has 0 fully saturated rings. The fourth-order valence-electron chi connectivity index (χ4n) is 1.82. The highest BCUT2D eigenvalue weighted by molar-refractivity contribution is 9.10. The highest BCUT2D eigenvalue weighted by Gasteiger charge is 2.20. The van der Waals surface area contributed by atoms with Gasteiger partial charge in [-0.05, 0) is 39.7 Å². The number of nitrogens with two attached hydrogens (primary N) is 1. The van der Waals surface area contributed by atoms with E-state index in [2.05, 4.69) is 21.4 Å². The van der Waals surface area contributed by atoms with Crippen LogP contribution in [0.4, 0.5) is 8.78 Å². The molecule has 106 valence electrons. The van der Waals surface area contributed by atoms with Crippen molar-refractivity contribution in [3.05, 3.63) is 67.6 Å². The quantitative estimate of drug-likeness (QED) is 0.463. The van der Waals surface area contributed by atoms with Crippen LogP contribution in [0.15, 0.2) is 34.8 Å². The molecule has 1 unspecified atom stereocenters. The highest BCUT2D eigenvalue weighted by Crippen LogP contribution is 2.33. The van der Waals surface area contributed by atoms with Gasteiger partial charge < -0.3 is 0 Å². The van der Waals surface area contributed by atoms with Crippen LogP contribution in [0.5, 0.6) is 0 Å². The van der Waals surface area contributed by atoms with Crippen molar-refractivity contribution in [1.82, 2.24) is 5.43 Å². The SMILES string of the molecule is NNC(c1ccc(Cl)c(F)c1)c1ccc(Br)c(Cl)c1F. The molecular formula is C13H9BrCl2F2N2. The van der Waals surface area contributed by atoms with Gasteiger partial charge in [-0.3, -0.25) is 5.84 Å². The van der Waals surface area contributed by atoms with Gasteiger partial charge in [-0.2, -0.15) is 0 Å². The molecule has 2 aromatic carbocycles.